The van der Waals surface area contributed by atoms with Crippen LogP contribution >= 0.6 is 0 Å². The van der Waals surface area contributed by atoms with Crippen LogP contribution in [-0.4, -0.2) is 13.1 Å². The fraction of sp³-hybridized carbons (Fsp3) is 0.167. The van der Waals surface area contributed by atoms with Crippen LogP contribution in [0, 0.1) is 0 Å². The van der Waals surface area contributed by atoms with Crippen molar-refractivity contribution in [3.05, 3.63) is 24.2 Å². The van der Waals surface area contributed by atoms with Crippen molar-refractivity contribution in [3.63, 3.8) is 0 Å². The minimum atomic E-state index is -0.445. The Morgan fingerprint density at radius 1 is 1.60 bits per heavy atom. The molecule has 0 amide bonds. The van der Waals surface area contributed by atoms with Gasteiger partial charge in [0.2, 0.25) is 0 Å². The largest absolute Gasteiger partial charge is 0.465 e. The Morgan fingerprint density at radius 2 is 2.40 bits per heavy atom. The highest BCUT2D eigenvalue weighted by Gasteiger charge is 2.08. The Kier molecular flexibility index (Phi) is 1.94. The van der Waals surface area contributed by atoms with Crippen molar-refractivity contribution in [2.75, 3.05) is 7.11 Å². The van der Waals surface area contributed by atoms with E-state index in [2.05, 4.69) is 14.5 Å². The molecule has 0 aromatic carbocycles. The number of rotatable bonds is 1. The Bertz CT molecular complexity index is 192. The standard InChI is InChI=1S/C6H6O4/c1-8-6(7)5-2-3-9-10-4-5/h2-4H,1H3. The summed E-state index contributed by atoms with van der Waals surface area (Å²) in [4.78, 5) is 19.4. The normalized spacial score (nSPS) is 14.7. The second-order valence-electron chi connectivity index (χ2n) is 1.56. The number of hydrogen-bond acceptors (Lipinski definition) is 4. The molecule has 1 aliphatic heterocycles. The summed E-state index contributed by atoms with van der Waals surface area (Å²) in [7, 11) is 1.30. The van der Waals surface area contributed by atoms with Crippen molar-refractivity contribution in [2.24, 2.45) is 0 Å². The van der Waals surface area contributed by atoms with Gasteiger partial charge in [-0.1, -0.05) is 0 Å². The first-order valence-corrected chi connectivity index (χ1v) is 2.62. The molecule has 4 heteroatoms. The molecule has 54 valence electrons. The van der Waals surface area contributed by atoms with E-state index in [0.29, 0.717) is 5.57 Å². The zero-order valence-corrected chi connectivity index (χ0v) is 5.37. The highest BCUT2D eigenvalue weighted by atomic mass is 17.2. The van der Waals surface area contributed by atoms with E-state index in [-0.39, 0.29) is 0 Å². The van der Waals surface area contributed by atoms with Gasteiger partial charge >= 0.3 is 5.97 Å². The van der Waals surface area contributed by atoms with Crippen LogP contribution in [0.4, 0.5) is 0 Å². The molecular formula is C6H6O4. The quantitative estimate of drug-likeness (QED) is 0.395. The van der Waals surface area contributed by atoms with Gasteiger partial charge < -0.3 is 4.74 Å². The van der Waals surface area contributed by atoms with Crippen molar-refractivity contribution >= 4 is 5.97 Å². The number of carbonyl (C=O) groups is 1. The number of carbonyl (C=O) groups excluding carboxylic acids is 1. The lowest BCUT2D eigenvalue weighted by Crippen LogP contribution is -2.05. The molecule has 4 nitrogen and oxygen atoms in total. The van der Waals surface area contributed by atoms with Crippen LogP contribution in [-0.2, 0) is 19.3 Å². The topological polar surface area (TPSA) is 44.8 Å². The van der Waals surface area contributed by atoms with E-state index in [1.54, 1.807) is 0 Å². The molecule has 0 fully saturated rings. The van der Waals surface area contributed by atoms with Crippen molar-refractivity contribution < 1.29 is 19.3 Å². The van der Waals surface area contributed by atoms with E-state index >= 15 is 0 Å². The van der Waals surface area contributed by atoms with Crippen molar-refractivity contribution in [2.45, 2.75) is 0 Å². The average Bonchev–Trinajstić information content (AvgIpc) is 2.05. The number of hydrogen-bond donors (Lipinski definition) is 0. The Labute approximate surface area is 57.6 Å². The second kappa shape index (κ2) is 2.91. The predicted molar refractivity (Wildman–Crippen MR) is 31.4 cm³/mol. The summed E-state index contributed by atoms with van der Waals surface area (Å²) < 4.78 is 4.40. The highest BCUT2D eigenvalue weighted by Crippen LogP contribution is 2.05. The summed E-state index contributed by atoms with van der Waals surface area (Å²) in [6.45, 7) is 0. The molecule has 0 saturated heterocycles. The molecule has 0 spiro atoms. The van der Waals surface area contributed by atoms with Gasteiger partial charge in [-0.3, -0.25) is 9.78 Å². The molecule has 0 aromatic rings. The Hall–Kier alpha value is -1.45. The van der Waals surface area contributed by atoms with Gasteiger partial charge in [0.05, 0.1) is 7.11 Å². The first-order valence-electron chi connectivity index (χ1n) is 2.62. The van der Waals surface area contributed by atoms with E-state index < -0.39 is 5.97 Å². The van der Waals surface area contributed by atoms with Crippen LogP contribution in [0.2, 0.25) is 0 Å². The monoisotopic (exact) mass is 142 g/mol. The minimum absolute atomic E-state index is 0.328. The van der Waals surface area contributed by atoms with Gasteiger partial charge in [-0.2, -0.15) is 0 Å². The third-order valence-electron chi connectivity index (χ3n) is 0.955. The third-order valence-corrected chi connectivity index (χ3v) is 0.955. The summed E-state index contributed by atoms with van der Waals surface area (Å²) in [5, 5.41) is 0. The smallest absolute Gasteiger partial charge is 0.341 e. The lowest BCUT2D eigenvalue weighted by Gasteiger charge is -2.03. The summed E-state index contributed by atoms with van der Waals surface area (Å²) >= 11 is 0. The maximum absolute atomic E-state index is 10.7. The zero-order chi connectivity index (χ0) is 7.40. The first-order chi connectivity index (χ1) is 4.84. The van der Waals surface area contributed by atoms with Crippen molar-refractivity contribution in [1.29, 1.82) is 0 Å². The van der Waals surface area contributed by atoms with E-state index in [0.717, 1.165) is 0 Å². The molecule has 0 aromatic heterocycles. The molecule has 1 rings (SSSR count). The molecule has 0 radical (unpaired) electrons. The molecule has 0 aliphatic carbocycles. The average molecular weight is 142 g/mol. The van der Waals surface area contributed by atoms with Crippen LogP contribution in [0.5, 0.6) is 0 Å². The zero-order valence-electron chi connectivity index (χ0n) is 5.37. The first kappa shape index (κ1) is 6.67. The van der Waals surface area contributed by atoms with Gasteiger partial charge in [-0.05, 0) is 6.08 Å². The van der Waals surface area contributed by atoms with E-state index in [4.69, 9.17) is 0 Å². The third kappa shape index (κ3) is 1.28. The SMILES string of the molecule is COC(=O)C1=COOC=C1. The van der Waals surface area contributed by atoms with Crippen LogP contribution in [0.1, 0.15) is 0 Å². The fourth-order valence-electron chi connectivity index (χ4n) is 0.486. The predicted octanol–water partition coefficient (Wildman–Crippen LogP) is 0.519. The molecule has 0 saturated carbocycles. The Balaban J connectivity index is 2.63. The number of ether oxygens (including phenoxy) is 1. The van der Waals surface area contributed by atoms with Gasteiger partial charge in [-0.15, -0.1) is 0 Å². The van der Waals surface area contributed by atoms with Crippen molar-refractivity contribution in [3.8, 4) is 0 Å². The van der Waals surface area contributed by atoms with Gasteiger partial charge in [-0.25, -0.2) is 4.79 Å². The highest BCUT2D eigenvalue weighted by molar-refractivity contribution is 5.91. The van der Waals surface area contributed by atoms with E-state index in [1.165, 1.54) is 25.7 Å². The van der Waals surface area contributed by atoms with Crippen LogP contribution in [0.25, 0.3) is 0 Å². The van der Waals surface area contributed by atoms with E-state index in [1.807, 2.05) is 0 Å². The lowest BCUT2D eigenvalue weighted by molar-refractivity contribution is -0.200. The van der Waals surface area contributed by atoms with Crippen LogP contribution in [0.3, 0.4) is 0 Å². The maximum atomic E-state index is 10.7. The summed E-state index contributed by atoms with van der Waals surface area (Å²) in [5.74, 6) is -0.445. The molecule has 0 N–H and O–H groups in total. The molecule has 0 unspecified atom stereocenters. The molecule has 1 aliphatic rings. The molecule has 0 atom stereocenters. The van der Waals surface area contributed by atoms with Gasteiger partial charge in [0.15, 0.2) is 6.26 Å². The molecular weight excluding hydrogens is 136 g/mol. The van der Waals surface area contributed by atoms with Crippen LogP contribution in [0.15, 0.2) is 24.2 Å². The summed E-state index contributed by atoms with van der Waals surface area (Å²) in [6, 6.07) is 0. The van der Waals surface area contributed by atoms with Crippen LogP contribution < -0.4 is 0 Å². The van der Waals surface area contributed by atoms with Crippen molar-refractivity contribution in [1.82, 2.24) is 0 Å². The number of methoxy groups -OCH3 is 1. The maximum Gasteiger partial charge on any atom is 0.341 e. The second-order valence-corrected chi connectivity index (χ2v) is 1.56. The van der Waals surface area contributed by atoms with E-state index in [9.17, 15) is 4.79 Å². The van der Waals surface area contributed by atoms with Gasteiger partial charge in [0.25, 0.3) is 0 Å². The summed E-state index contributed by atoms with van der Waals surface area (Å²) in [5.41, 5.74) is 0.328. The Morgan fingerprint density at radius 3 is 2.90 bits per heavy atom. The molecule has 1 heterocycles. The summed E-state index contributed by atoms with van der Waals surface area (Å²) in [6.07, 6.45) is 3.88. The van der Waals surface area contributed by atoms with Gasteiger partial charge in [0.1, 0.15) is 11.8 Å². The lowest BCUT2D eigenvalue weighted by atomic mass is 10.3. The molecule has 10 heavy (non-hydrogen) atoms. The minimum Gasteiger partial charge on any atom is -0.465 e. The molecule has 0 bridgehead atoms. The van der Waals surface area contributed by atoms with Gasteiger partial charge in [0, 0.05) is 0 Å². The fourth-order valence-corrected chi connectivity index (χ4v) is 0.486. The number of esters is 1.